The van der Waals surface area contributed by atoms with Gasteiger partial charge in [-0.25, -0.2) is 0 Å². The average molecular weight is 197 g/mol. The summed E-state index contributed by atoms with van der Waals surface area (Å²) in [4.78, 5) is 0. The monoisotopic (exact) mass is 197 g/mol. The van der Waals surface area contributed by atoms with Gasteiger partial charge in [0.05, 0.1) is 0 Å². The summed E-state index contributed by atoms with van der Waals surface area (Å²) in [5, 5.41) is 3.67. The molecule has 1 nitrogen and oxygen atoms in total. The number of hydrogen-bond acceptors (Lipinski definition) is 1. The second kappa shape index (κ2) is 8.28. The Hall–Kier alpha value is -0.0400. The van der Waals surface area contributed by atoms with Crippen LogP contribution in [0.25, 0.3) is 0 Å². The second-order valence-corrected chi connectivity index (χ2v) is 4.70. The van der Waals surface area contributed by atoms with Crippen molar-refractivity contribution in [2.75, 3.05) is 6.54 Å². The summed E-state index contributed by atoms with van der Waals surface area (Å²) in [5.74, 6) is 0. The largest absolute Gasteiger partial charge is 0.314 e. The fourth-order valence-corrected chi connectivity index (χ4v) is 2.34. The van der Waals surface area contributed by atoms with E-state index >= 15 is 0 Å². The lowest BCUT2D eigenvalue weighted by Gasteiger charge is -2.10. The average Bonchev–Trinajstić information content (AvgIpc) is 2.69. The van der Waals surface area contributed by atoms with Gasteiger partial charge in [0, 0.05) is 6.04 Å². The molecule has 1 aliphatic rings. The van der Waals surface area contributed by atoms with E-state index in [0.29, 0.717) is 0 Å². The quantitative estimate of drug-likeness (QED) is 0.582. The maximum absolute atomic E-state index is 3.67. The first-order valence-corrected chi connectivity index (χ1v) is 6.67. The lowest BCUT2D eigenvalue weighted by atomic mass is 10.1. The van der Waals surface area contributed by atoms with Crippen molar-refractivity contribution in [3.8, 4) is 0 Å². The Balaban J connectivity index is 1.75. The van der Waals surface area contributed by atoms with E-state index in [1.807, 2.05) is 0 Å². The Bertz CT molecular complexity index is 116. The highest BCUT2D eigenvalue weighted by molar-refractivity contribution is 4.73. The third-order valence-electron chi connectivity index (χ3n) is 3.32. The van der Waals surface area contributed by atoms with Crippen LogP contribution in [0.3, 0.4) is 0 Å². The second-order valence-electron chi connectivity index (χ2n) is 4.70. The summed E-state index contributed by atoms with van der Waals surface area (Å²) in [6, 6.07) is 0.866. The minimum Gasteiger partial charge on any atom is -0.314 e. The van der Waals surface area contributed by atoms with Gasteiger partial charge in [0.2, 0.25) is 0 Å². The van der Waals surface area contributed by atoms with Crippen LogP contribution in [0.1, 0.15) is 71.1 Å². The predicted octanol–water partition coefficient (Wildman–Crippen LogP) is 3.88. The van der Waals surface area contributed by atoms with Crippen molar-refractivity contribution in [1.29, 1.82) is 0 Å². The molecule has 0 heterocycles. The van der Waals surface area contributed by atoms with Crippen molar-refractivity contribution >= 4 is 0 Å². The highest BCUT2D eigenvalue weighted by atomic mass is 14.9. The Morgan fingerprint density at radius 2 is 1.57 bits per heavy atom. The molecule has 0 unspecified atom stereocenters. The SMILES string of the molecule is CCCCCCCCNC1CCCC1. The Kier molecular flexibility index (Phi) is 7.12. The molecule has 0 aliphatic heterocycles. The summed E-state index contributed by atoms with van der Waals surface area (Å²) in [7, 11) is 0. The maximum atomic E-state index is 3.67. The van der Waals surface area contributed by atoms with Crippen LogP contribution in [0.5, 0.6) is 0 Å². The summed E-state index contributed by atoms with van der Waals surface area (Å²) in [6.07, 6.45) is 14.3. The number of nitrogens with one attached hydrogen (secondary N) is 1. The van der Waals surface area contributed by atoms with Gasteiger partial charge in [-0.1, -0.05) is 51.9 Å². The van der Waals surface area contributed by atoms with E-state index in [9.17, 15) is 0 Å². The van der Waals surface area contributed by atoms with Gasteiger partial charge < -0.3 is 5.32 Å². The number of unbranched alkanes of at least 4 members (excludes halogenated alkanes) is 5. The summed E-state index contributed by atoms with van der Waals surface area (Å²) < 4.78 is 0. The maximum Gasteiger partial charge on any atom is 0.00670 e. The standard InChI is InChI=1S/C13H27N/c1-2-3-4-5-6-9-12-14-13-10-7-8-11-13/h13-14H,2-12H2,1H3. The minimum atomic E-state index is 0.866. The van der Waals surface area contributed by atoms with Crippen LogP contribution in [-0.4, -0.2) is 12.6 Å². The fraction of sp³-hybridized carbons (Fsp3) is 1.00. The fourth-order valence-electron chi connectivity index (χ4n) is 2.34. The van der Waals surface area contributed by atoms with Gasteiger partial charge in [-0.2, -0.15) is 0 Å². The number of hydrogen-bond donors (Lipinski definition) is 1. The molecule has 0 aromatic heterocycles. The Labute approximate surface area is 89.7 Å². The van der Waals surface area contributed by atoms with Crippen molar-refractivity contribution in [2.24, 2.45) is 0 Å². The van der Waals surface area contributed by atoms with E-state index < -0.39 is 0 Å². The van der Waals surface area contributed by atoms with E-state index in [4.69, 9.17) is 0 Å². The van der Waals surface area contributed by atoms with Gasteiger partial charge >= 0.3 is 0 Å². The molecule has 0 radical (unpaired) electrons. The van der Waals surface area contributed by atoms with Crippen molar-refractivity contribution < 1.29 is 0 Å². The molecule has 0 atom stereocenters. The van der Waals surface area contributed by atoms with Crippen molar-refractivity contribution in [1.82, 2.24) is 5.32 Å². The molecule has 0 spiro atoms. The summed E-state index contributed by atoms with van der Waals surface area (Å²) in [6.45, 7) is 3.54. The molecule has 1 aliphatic carbocycles. The third-order valence-corrected chi connectivity index (χ3v) is 3.32. The molecule has 0 amide bonds. The van der Waals surface area contributed by atoms with Gasteiger partial charge in [-0.3, -0.25) is 0 Å². The van der Waals surface area contributed by atoms with Crippen molar-refractivity contribution in [3.05, 3.63) is 0 Å². The highest BCUT2D eigenvalue weighted by Gasteiger charge is 2.12. The topological polar surface area (TPSA) is 12.0 Å². The van der Waals surface area contributed by atoms with Crippen LogP contribution < -0.4 is 5.32 Å². The van der Waals surface area contributed by atoms with E-state index in [2.05, 4.69) is 12.2 Å². The molecule has 0 saturated heterocycles. The van der Waals surface area contributed by atoms with Gasteiger partial charge in [-0.05, 0) is 25.8 Å². The molecule has 0 bridgehead atoms. The first-order valence-electron chi connectivity index (χ1n) is 6.67. The normalized spacial score (nSPS) is 17.8. The van der Waals surface area contributed by atoms with Crippen LogP contribution in [0, 0.1) is 0 Å². The van der Waals surface area contributed by atoms with Gasteiger partial charge in [0.1, 0.15) is 0 Å². The molecular weight excluding hydrogens is 170 g/mol. The van der Waals surface area contributed by atoms with E-state index in [-0.39, 0.29) is 0 Å². The van der Waals surface area contributed by atoms with Gasteiger partial charge in [0.25, 0.3) is 0 Å². The molecule has 1 fully saturated rings. The number of rotatable bonds is 8. The Morgan fingerprint density at radius 1 is 0.929 bits per heavy atom. The highest BCUT2D eigenvalue weighted by Crippen LogP contribution is 2.17. The van der Waals surface area contributed by atoms with Crippen LogP contribution in [0.4, 0.5) is 0 Å². The van der Waals surface area contributed by atoms with Crippen molar-refractivity contribution in [3.63, 3.8) is 0 Å². The van der Waals surface area contributed by atoms with Gasteiger partial charge in [0.15, 0.2) is 0 Å². The molecule has 0 aromatic carbocycles. The molecule has 1 rings (SSSR count). The molecule has 1 heteroatoms. The van der Waals surface area contributed by atoms with Crippen LogP contribution >= 0.6 is 0 Å². The zero-order valence-electron chi connectivity index (χ0n) is 9.86. The van der Waals surface area contributed by atoms with Crippen molar-refractivity contribution in [2.45, 2.75) is 77.2 Å². The molecule has 84 valence electrons. The summed E-state index contributed by atoms with van der Waals surface area (Å²) in [5.41, 5.74) is 0. The smallest absolute Gasteiger partial charge is 0.00670 e. The zero-order chi connectivity index (χ0) is 10.1. The first kappa shape index (κ1) is 12.0. The van der Waals surface area contributed by atoms with Crippen LogP contribution in [0.15, 0.2) is 0 Å². The lowest BCUT2D eigenvalue weighted by Crippen LogP contribution is -2.26. The van der Waals surface area contributed by atoms with Crippen LogP contribution in [0.2, 0.25) is 0 Å². The molecule has 0 aromatic rings. The lowest BCUT2D eigenvalue weighted by molar-refractivity contribution is 0.497. The van der Waals surface area contributed by atoms with E-state index in [1.54, 1.807) is 0 Å². The zero-order valence-corrected chi connectivity index (χ0v) is 9.86. The van der Waals surface area contributed by atoms with E-state index in [0.717, 1.165) is 6.04 Å². The van der Waals surface area contributed by atoms with Gasteiger partial charge in [-0.15, -0.1) is 0 Å². The molecule has 1 N–H and O–H groups in total. The summed E-state index contributed by atoms with van der Waals surface area (Å²) >= 11 is 0. The minimum absolute atomic E-state index is 0.866. The molecule has 1 saturated carbocycles. The predicted molar refractivity (Wildman–Crippen MR) is 63.6 cm³/mol. The molecular formula is C13H27N. The Morgan fingerprint density at radius 3 is 2.29 bits per heavy atom. The first-order chi connectivity index (χ1) is 6.93. The molecule has 14 heavy (non-hydrogen) atoms. The van der Waals surface area contributed by atoms with E-state index in [1.165, 1.54) is 70.8 Å². The third kappa shape index (κ3) is 5.64. The van der Waals surface area contributed by atoms with Crippen LogP contribution in [-0.2, 0) is 0 Å².